The molecular formula is C12H23N3O5. The number of aliphatic carboxylic acids is 1. The summed E-state index contributed by atoms with van der Waals surface area (Å²) in [7, 11) is 0. The number of nitrogens with two attached hydrogens (primary N) is 1. The van der Waals surface area contributed by atoms with E-state index in [1.54, 1.807) is 6.92 Å². The molecule has 0 fully saturated rings. The van der Waals surface area contributed by atoms with Crippen LogP contribution in [0.5, 0.6) is 0 Å². The molecule has 2 amide bonds. The van der Waals surface area contributed by atoms with E-state index in [4.69, 9.17) is 20.4 Å². The monoisotopic (exact) mass is 289 g/mol. The molecule has 0 radical (unpaired) electrons. The van der Waals surface area contributed by atoms with E-state index in [2.05, 4.69) is 10.6 Å². The average Bonchev–Trinajstić information content (AvgIpc) is 2.37. The summed E-state index contributed by atoms with van der Waals surface area (Å²) < 4.78 is 0. The lowest BCUT2D eigenvalue weighted by atomic mass is 10.2. The highest BCUT2D eigenvalue weighted by molar-refractivity contribution is 5.74. The minimum atomic E-state index is -0.846. The highest BCUT2D eigenvalue weighted by atomic mass is 16.4. The number of carbonyl (C=O) groups is 2. The topological polar surface area (TPSA) is 139 Å². The number of carboxylic acids is 1. The van der Waals surface area contributed by atoms with Crippen molar-refractivity contribution in [1.29, 1.82) is 0 Å². The van der Waals surface area contributed by atoms with Crippen LogP contribution in [0.1, 0.15) is 39.0 Å². The molecule has 0 aromatic rings. The quantitative estimate of drug-likeness (QED) is 0.443. The van der Waals surface area contributed by atoms with Gasteiger partial charge in [-0.25, -0.2) is 4.79 Å². The first-order valence-electron chi connectivity index (χ1n) is 6.43. The van der Waals surface area contributed by atoms with Crippen LogP contribution in [0.15, 0.2) is 0 Å². The zero-order valence-electron chi connectivity index (χ0n) is 11.7. The molecule has 20 heavy (non-hydrogen) atoms. The summed E-state index contributed by atoms with van der Waals surface area (Å²) in [6, 6.07) is -0.370. The number of rotatable bonds is 9. The SMILES string of the molecule is C[C@H](CCC(=O)O)NC(=O)NCCCCCN.O=C=O. The molecule has 8 nitrogen and oxygen atoms in total. The van der Waals surface area contributed by atoms with Crippen LogP contribution in [0.4, 0.5) is 4.79 Å². The molecule has 116 valence electrons. The van der Waals surface area contributed by atoms with Crippen LogP contribution in [0.25, 0.3) is 0 Å². The van der Waals surface area contributed by atoms with Gasteiger partial charge in [0.2, 0.25) is 0 Å². The third-order valence-electron chi connectivity index (χ3n) is 2.34. The lowest BCUT2D eigenvalue weighted by Crippen LogP contribution is -2.41. The van der Waals surface area contributed by atoms with Gasteiger partial charge in [-0.2, -0.15) is 9.59 Å². The molecule has 0 rings (SSSR count). The van der Waals surface area contributed by atoms with Crippen LogP contribution in [0.3, 0.4) is 0 Å². The molecule has 0 aliphatic carbocycles. The summed E-state index contributed by atoms with van der Waals surface area (Å²) >= 11 is 0. The molecule has 0 aromatic heterocycles. The first-order valence-corrected chi connectivity index (χ1v) is 6.43. The van der Waals surface area contributed by atoms with Crippen molar-refractivity contribution >= 4 is 18.2 Å². The first kappa shape index (κ1) is 20.4. The van der Waals surface area contributed by atoms with Gasteiger partial charge in [0.25, 0.3) is 0 Å². The second-order valence-electron chi connectivity index (χ2n) is 4.17. The minimum Gasteiger partial charge on any atom is -0.481 e. The molecular weight excluding hydrogens is 266 g/mol. The second-order valence-corrected chi connectivity index (χ2v) is 4.17. The Balaban J connectivity index is 0. The van der Waals surface area contributed by atoms with Crippen LogP contribution < -0.4 is 16.4 Å². The van der Waals surface area contributed by atoms with Gasteiger partial charge in [0.15, 0.2) is 0 Å². The molecule has 0 aliphatic rings. The van der Waals surface area contributed by atoms with Crippen molar-refractivity contribution in [3.63, 3.8) is 0 Å². The average molecular weight is 289 g/mol. The maximum absolute atomic E-state index is 11.3. The number of nitrogens with one attached hydrogen (secondary N) is 2. The van der Waals surface area contributed by atoms with E-state index in [0.717, 1.165) is 19.3 Å². The van der Waals surface area contributed by atoms with Gasteiger partial charge < -0.3 is 21.5 Å². The molecule has 0 unspecified atom stereocenters. The highest BCUT2D eigenvalue weighted by Crippen LogP contribution is 1.96. The summed E-state index contributed by atoms with van der Waals surface area (Å²) in [6.45, 7) is 3.09. The van der Waals surface area contributed by atoms with Crippen molar-refractivity contribution in [1.82, 2.24) is 10.6 Å². The van der Waals surface area contributed by atoms with Crippen molar-refractivity contribution in [2.45, 2.75) is 45.1 Å². The summed E-state index contributed by atoms with van der Waals surface area (Å²) in [5.41, 5.74) is 5.35. The first-order chi connectivity index (χ1) is 9.47. The maximum Gasteiger partial charge on any atom is 0.373 e. The van der Waals surface area contributed by atoms with Gasteiger partial charge in [0, 0.05) is 19.0 Å². The smallest absolute Gasteiger partial charge is 0.373 e. The maximum atomic E-state index is 11.3. The molecule has 0 aromatic carbocycles. The Morgan fingerprint density at radius 3 is 2.35 bits per heavy atom. The van der Waals surface area contributed by atoms with Crippen molar-refractivity contribution in [3.8, 4) is 0 Å². The Kier molecular flexibility index (Phi) is 15.4. The molecule has 8 heteroatoms. The highest BCUT2D eigenvalue weighted by Gasteiger charge is 2.08. The van der Waals surface area contributed by atoms with Crippen molar-refractivity contribution in [2.75, 3.05) is 13.1 Å². The van der Waals surface area contributed by atoms with Crippen molar-refractivity contribution < 1.29 is 24.3 Å². The number of carbonyl (C=O) groups excluding carboxylic acids is 3. The second kappa shape index (κ2) is 15.1. The number of carboxylic acid groups (broad SMARTS) is 1. The summed E-state index contributed by atoms with van der Waals surface area (Å²) in [4.78, 5) is 37.9. The predicted octanol–water partition coefficient (Wildman–Crippen LogP) is 0.0844. The van der Waals surface area contributed by atoms with Gasteiger partial charge in [-0.3, -0.25) is 4.79 Å². The van der Waals surface area contributed by atoms with E-state index in [1.165, 1.54) is 0 Å². The Bertz CT molecular complexity index is 303. The molecule has 0 bridgehead atoms. The van der Waals surface area contributed by atoms with Crippen LogP contribution in [-0.2, 0) is 14.4 Å². The fourth-order valence-corrected chi connectivity index (χ4v) is 1.34. The van der Waals surface area contributed by atoms with Gasteiger partial charge in [-0.1, -0.05) is 6.42 Å². The molecule has 5 N–H and O–H groups in total. The summed E-state index contributed by atoms with van der Waals surface area (Å²) in [6.07, 6.45) is 3.64. The predicted molar refractivity (Wildman–Crippen MR) is 70.8 cm³/mol. The Morgan fingerprint density at radius 2 is 1.85 bits per heavy atom. The molecule has 0 saturated carbocycles. The zero-order chi connectivity index (χ0) is 15.8. The number of unbranched alkanes of at least 4 members (excludes halogenated alkanes) is 2. The van der Waals surface area contributed by atoms with Crippen LogP contribution >= 0.6 is 0 Å². The van der Waals surface area contributed by atoms with Crippen molar-refractivity contribution in [2.24, 2.45) is 5.73 Å². The van der Waals surface area contributed by atoms with E-state index in [1.807, 2.05) is 0 Å². The van der Waals surface area contributed by atoms with Crippen LogP contribution in [-0.4, -0.2) is 42.4 Å². The largest absolute Gasteiger partial charge is 0.481 e. The van der Waals surface area contributed by atoms with Gasteiger partial charge in [-0.15, -0.1) is 0 Å². The number of urea groups is 1. The fraction of sp³-hybridized carbons (Fsp3) is 0.750. The summed E-state index contributed by atoms with van der Waals surface area (Å²) in [5, 5.41) is 13.9. The normalized spacial score (nSPS) is 10.5. The minimum absolute atomic E-state index is 0.0674. The molecule has 0 aliphatic heterocycles. The lowest BCUT2D eigenvalue weighted by Gasteiger charge is -2.13. The van der Waals surface area contributed by atoms with Crippen LogP contribution in [0.2, 0.25) is 0 Å². The third-order valence-corrected chi connectivity index (χ3v) is 2.34. The Labute approximate surface area is 118 Å². The number of hydrogen-bond donors (Lipinski definition) is 4. The molecule has 0 spiro atoms. The van der Waals surface area contributed by atoms with Gasteiger partial charge in [-0.05, 0) is 32.7 Å². The van der Waals surface area contributed by atoms with E-state index < -0.39 is 5.97 Å². The van der Waals surface area contributed by atoms with E-state index >= 15 is 0 Å². The van der Waals surface area contributed by atoms with E-state index in [0.29, 0.717) is 19.5 Å². The number of amides is 2. The summed E-state index contributed by atoms with van der Waals surface area (Å²) in [5.74, 6) is -0.846. The van der Waals surface area contributed by atoms with Gasteiger partial charge in [0.05, 0.1) is 0 Å². The van der Waals surface area contributed by atoms with E-state index in [-0.39, 0.29) is 24.6 Å². The van der Waals surface area contributed by atoms with Crippen LogP contribution in [0, 0.1) is 0 Å². The fourth-order valence-electron chi connectivity index (χ4n) is 1.34. The standard InChI is InChI=1S/C11H23N3O3.CO2/c1-9(5-6-10(15)16)14-11(17)13-8-4-2-3-7-12;2-1-3/h9H,2-8,12H2,1H3,(H,15,16)(H2,13,14,17);/t9-;/m1./s1. The van der Waals surface area contributed by atoms with Crippen molar-refractivity contribution in [3.05, 3.63) is 0 Å². The Morgan fingerprint density at radius 1 is 1.25 bits per heavy atom. The molecule has 1 atom stereocenters. The number of hydrogen-bond acceptors (Lipinski definition) is 5. The van der Waals surface area contributed by atoms with E-state index in [9.17, 15) is 9.59 Å². The Hall–Kier alpha value is -1.92. The van der Waals surface area contributed by atoms with Gasteiger partial charge in [0.1, 0.15) is 0 Å². The lowest BCUT2D eigenvalue weighted by molar-refractivity contribution is -0.191. The zero-order valence-corrected chi connectivity index (χ0v) is 11.7. The third kappa shape index (κ3) is 18.4. The molecule has 0 saturated heterocycles. The van der Waals surface area contributed by atoms with Gasteiger partial charge >= 0.3 is 18.2 Å². The molecule has 0 heterocycles.